The molecule has 0 unspecified atom stereocenters. The maximum Gasteiger partial charge on any atom is 0.329 e. The Balaban J connectivity index is 1.70. The summed E-state index contributed by atoms with van der Waals surface area (Å²) >= 11 is 0. The molecule has 2 heterocycles. The molecule has 1 aliphatic rings. The second-order valence-electron chi connectivity index (χ2n) is 5.92. The lowest BCUT2D eigenvalue weighted by molar-refractivity contribution is -0.118. The third-order valence-corrected chi connectivity index (χ3v) is 4.06. The van der Waals surface area contributed by atoms with E-state index in [0.29, 0.717) is 19.5 Å². The normalized spacial score (nSPS) is 15.0. The molecule has 122 valence electrons. The van der Waals surface area contributed by atoms with Crippen molar-refractivity contribution in [3.63, 3.8) is 0 Å². The molecule has 0 radical (unpaired) electrons. The molecule has 1 aromatic heterocycles. The molecule has 0 aliphatic carbocycles. The minimum absolute atomic E-state index is 0.0161. The minimum Gasteiger partial charge on any atom is -0.391 e. The molecule has 1 aliphatic heterocycles. The number of benzene rings is 1. The summed E-state index contributed by atoms with van der Waals surface area (Å²) in [4.78, 5) is 24.5. The van der Waals surface area contributed by atoms with E-state index in [-0.39, 0.29) is 12.5 Å². The Morgan fingerprint density at radius 1 is 1.43 bits per heavy atom. The van der Waals surface area contributed by atoms with Gasteiger partial charge in [-0.2, -0.15) is 0 Å². The molecule has 0 spiro atoms. The van der Waals surface area contributed by atoms with Crippen molar-refractivity contribution >= 4 is 28.5 Å². The highest BCUT2D eigenvalue weighted by Gasteiger charge is 2.26. The number of primary amides is 1. The number of carbonyl (C=O) groups excluding carboxylic acids is 2. The van der Waals surface area contributed by atoms with Crippen molar-refractivity contribution in [3.8, 4) is 0 Å². The number of rotatable bonds is 6. The molecule has 3 rings (SSSR count). The number of hydrogen-bond donors (Lipinski definition) is 3. The Kier molecular flexibility index (Phi) is 3.96. The molecule has 2 amide bonds. The van der Waals surface area contributed by atoms with E-state index in [2.05, 4.69) is 5.32 Å². The summed E-state index contributed by atoms with van der Waals surface area (Å²) in [5.41, 5.74) is 7.79. The largest absolute Gasteiger partial charge is 0.391 e. The van der Waals surface area contributed by atoms with E-state index < -0.39 is 12.0 Å². The van der Waals surface area contributed by atoms with E-state index in [1.165, 1.54) is 0 Å². The van der Waals surface area contributed by atoms with Crippen molar-refractivity contribution < 1.29 is 14.7 Å². The van der Waals surface area contributed by atoms with Gasteiger partial charge >= 0.3 is 6.03 Å². The number of carbonyl (C=O) groups is 2. The van der Waals surface area contributed by atoms with Crippen molar-refractivity contribution in [2.24, 2.45) is 5.73 Å². The fraction of sp³-hybridized carbons (Fsp3) is 0.375. The fourth-order valence-electron chi connectivity index (χ4n) is 2.85. The summed E-state index contributed by atoms with van der Waals surface area (Å²) in [6, 6.07) is 7.72. The smallest absolute Gasteiger partial charge is 0.329 e. The molecular weight excluding hydrogens is 296 g/mol. The van der Waals surface area contributed by atoms with Crippen LogP contribution in [0.1, 0.15) is 18.5 Å². The Hall–Kier alpha value is -2.54. The van der Waals surface area contributed by atoms with E-state index in [1.807, 2.05) is 24.3 Å². The van der Waals surface area contributed by atoms with Crippen LogP contribution in [-0.4, -0.2) is 46.2 Å². The maximum absolute atomic E-state index is 12.1. The molecule has 7 heteroatoms. The van der Waals surface area contributed by atoms with Crippen LogP contribution in [-0.2, 0) is 11.3 Å². The van der Waals surface area contributed by atoms with Gasteiger partial charge in [0.2, 0.25) is 5.91 Å². The van der Waals surface area contributed by atoms with Gasteiger partial charge in [0.1, 0.15) is 0 Å². The first kappa shape index (κ1) is 15.4. The minimum atomic E-state index is -0.632. The number of nitrogens with two attached hydrogens (primary N) is 1. The van der Waals surface area contributed by atoms with Gasteiger partial charge in [-0.15, -0.1) is 0 Å². The summed E-state index contributed by atoms with van der Waals surface area (Å²) in [7, 11) is 1.78. The summed E-state index contributed by atoms with van der Waals surface area (Å²) in [5, 5.41) is 13.9. The average molecular weight is 316 g/mol. The highest BCUT2D eigenvalue weighted by Crippen LogP contribution is 2.28. The second-order valence-corrected chi connectivity index (χ2v) is 5.92. The number of aromatic nitrogens is 1. The van der Waals surface area contributed by atoms with E-state index in [0.717, 1.165) is 22.3 Å². The van der Waals surface area contributed by atoms with Crippen LogP contribution >= 0.6 is 0 Å². The van der Waals surface area contributed by atoms with Gasteiger partial charge in [-0.3, -0.25) is 9.36 Å². The van der Waals surface area contributed by atoms with Gasteiger partial charge in [-0.1, -0.05) is 0 Å². The Bertz CT molecular complexity index is 768. The topological polar surface area (TPSA) is 101 Å². The molecule has 23 heavy (non-hydrogen) atoms. The van der Waals surface area contributed by atoms with Crippen molar-refractivity contribution in [1.29, 1.82) is 0 Å². The first-order chi connectivity index (χ1) is 11.0. The van der Waals surface area contributed by atoms with Crippen LogP contribution in [0.4, 0.5) is 10.5 Å². The van der Waals surface area contributed by atoms with Gasteiger partial charge in [-0.25, -0.2) is 4.79 Å². The summed E-state index contributed by atoms with van der Waals surface area (Å²) in [6.07, 6.45) is -0.122. The zero-order chi connectivity index (χ0) is 16.6. The zero-order valence-electron chi connectivity index (χ0n) is 13.0. The van der Waals surface area contributed by atoms with Crippen molar-refractivity contribution in [1.82, 2.24) is 9.47 Å². The molecule has 1 atom stereocenters. The highest BCUT2D eigenvalue weighted by molar-refractivity contribution is 5.96. The number of amides is 2. The van der Waals surface area contributed by atoms with Crippen LogP contribution < -0.4 is 11.1 Å². The number of aliphatic hydroxyl groups is 1. The van der Waals surface area contributed by atoms with Crippen LogP contribution in [0.25, 0.3) is 10.9 Å². The van der Waals surface area contributed by atoms with Crippen LogP contribution in [0.5, 0.6) is 0 Å². The van der Waals surface area contributed by atoms with E-state index >= 15 is 0 Å². The predicted octanol–water partition coefficient (Wildman–Crippen LogP) is 1.09. The Labute approximate surface area is 133 Å². The predicted molar refractivity (Wildman–Crippen MR) is 87.1 cm³/mol. The lowest BCUT2D eigenvalue weighted by atomic mass is 10.2. The zero-order valence-corrected chi connectivity index (χ0v) is 13.0. The van der Waals surface area contributed by atoms with Crippen molar-refractivity contribution in [2.45, 2.75) is 25.5 Å². The van der Waals surface area contributed by atoms with Gasteiger partial charge in [0, 0.05) is 36.8 Å². The number of nitrogens with one attached hydrogen (secondary N) is 1. The van der Waals surface area contributed by atoms with Crippen LogP contribution in [0.2, 0.25) is 0 Å². The van der Waals surface area contributed by atoms with Gasteiger partial charge in [0.25, 0.3) is 0 Å². The molecule has 0 saturated heterocycles. The number of fused-ring (bicyclic) bond motifs is 3. The van der Waals surface area contributed by atoms with Gasteiger partial charge in [0.05, 0.1) is 18.2 Å². The van der Waals surface area contributed by atoms with Crippen LogP contribution in [0.15, 0.2) is 24.3 Å². The van der Waals surface area contributed by atoms with Gasteiger partial charge in [-0.05, 0) is 30.7 Å². The van der Waals surface area contributed by atoms with Crippen molar-refractivity contribution in [3.05, 3.63) is 30.0 Å². The molecule has 0 bridgehead atoms. The monoisotopic (exact) mass is 316 g/mol. The van der Waals surface area contributed by atoms with Gasteiger partial charge < -0.3 is 21.1 Å². The molecule has 0 fully saturated rings. The third kappa shape index (κ3) is 3.00. The number of hydrogen-bond acceptors (Lipinski definition) is 4. The number of nitrogens with zero attached hydrogens (tertiary/aromatic N) is 2. The van der Waals surface area contributed by atoms with Crippen LogP contribution in [0.3, 0.4) is 0 Å². The maximum atomic E-state index is 12.1. The molecule has 1 aromatic carbocycles. The standard InChI is InChI=1S/C16H20N4O3/c1-19-9-12-7-10-6-11(2-4-14(10)20(12)16(19)23)18-8-13(21)3-5-15(17)22/h2,4,6-7,13,18,21H,3,5,8-9H2,1H3,(H2,17,22)/t13-/m0/s1. The third-order valence-electron chi connectivity index (χ3n) is 4.06. The summed E-state index contributed by atoms with van der Waals surface area (Å²) < 4.78 is 1.72. The molecule has 7 nitrogen and oxygen atoms in total. The number of anilines is 1. The van der Waals surface area contributed by atoms with E-state index in [1.54, 1.807) is 16.5 Å². The summed E-state index contributed by atoms with van der Waals surface area (Å²) in [6.45, 7) is 0.954. The molecule has 4 N–H and O–H groups in total. The quantitative estimate of drug-likeness (QED) is 0.742. The average Bonchev–Trinajstić information content (AvgIpc) is 2.99. The second kappa shape index (κ2) is 5.92. The molecule has 0 saturated carbocycles. The highest BCUT2D eigenvalue weighted by atomic mass is 16.3. The lowest BCUT2D eigenvalue weighted by Crippen LogP contribution is -2.22. The summed E-state index contributed by atoms with van der Waals surface area (Å²) in [5.74, 6) is -0.413. The Morgan fingerprint density at radius 2 is 2.22 bits per heavy atom. The van der Waals surface area contributed by atoms with Crippen LogP contribution in [0, 0.1) is 0 Å². The fourth-order valence-corrected chi connectivity index (χ4v) is 2.85. The molecule has 2 aromatic rings. The molecular formula is C16H20N4O3. The van der Waals surface area contributed by atoms with Gasteiger partial charge in [0.15, 0.2) is 0 Å². The number of aliphatic hydroxyl groups excluding tert-OH is 1. The first-order valence-electron chi connectivity index (χ1n) is 7.56. The van der Waals surface area contributed by atoms with E-state index in [9.17, 15) is 14.7 Å². The Morgan fingerprint density at radius 3 is 2.96 bits per heavy atom. The lowest BCUT2D eigenvalue weighted by Gasteiger charge is -2.12. The van der Waals surface area contributed by atoms with E-state index in [4.69, 9.17) is 5.73 Å². The van der Waals surface area contributed by atoms with Crippen molar-refractivity contribution in [2.75, 3.05) is 18.9 Å². The SMILES string of the molecule is CN1Cc2cc3cc(NC[C@@H](O)CCC(N)=O)ccc3n2C1=O. The first-order valence-corrected chi connectivity index (χ1v) is 7.56.